The largest absolute Gasteiger partial charge is 0.478 e. The van der Waals surface area contributed by atoms with Gasteiger partial charge in [0.05, 0.1) is 17.9 Å². The predicted molar refractivity (Wildman–Crippen MR) is 82.0 cm³/mol. The standard InChI is InChI=1S/C17H19NO5/c19-14-10-13(17(23-14)8-2-1-3-9-17)15(20)18-12-6-4-11(5-7-12)16(21)22/h4-7,13H,1-3,8-10H2,(H,18,20)(H,21,22). The molecule has 1 amide bonds. The van der Waals surface area contributed by atoms with Gasteiger partial charge in [0.15, 0.2) is 0 Å². The summed E-state index contributed by atoms with van der Waals surface area (Å²) in [7, 11) is 0. The Morgan fingerprint density at radius 3 is 2.39 bits per heavy atom. The minimum atomic E-state index is -1.01. The highest BCUT2D eigenvalue weighted by Gasteiger charge is 2.52. The Kier molecular flexibility index (Phi) is 4.07. The van der Waals surface area contributed by atoms with Crippen LogP contribution < -0.4 is 5.32 Å². The summed E-state index contributed by atoms with van der Waals surface area (Å²) in [6.07, 6.45) is 4.60. The van der Waals surface area contributed by atoms with Crippen LogP contribution >= 0.6 is 0 Å². The fourth-order valence-corrected chi connectivity index (χ4v) is 3.55. The summed E-state index contributed by atoms with van der Waals surface area (Å²) in [5.74, 6) is -2.04. The lowest BCUT2D eigenvalue weighted by atomic mass is 9.75. The number of rotatable bonds is 3. The van der Waals surface area contributed by atoms with E-state index in [0.29, 0.717) is 5.69 Å². The van der Waals surface area contributed by atoms with Crippen LogP contribution in [0.4, 0.5) is 5.69 Å². The van der Waals surface area contributed by atoms with E-state index >= 15 is 0 Å². The highest BCUT2D eigenvalue weighted by atomic mass is 16.6. The second kappa shape index (κ2) is 6.02. The van der Waals surface area contributed by atoms with Gasteiger partial charge in [0.1, 0.15) is 5.60 Å². The zero-order valence-corrected chi connectivity index (χ0v) is 12.7. The molecule has 1 saturated carbocycles. The number of hydrogen-bond donors (Lipinski definition) is 2. The molecule has 23 heavy (non-hydrogen) atoms. The third-order valence-electron chi connectivity index (χ3n) is 4.74. The van der Waals surface area contributed by atoms with Crippen molar-refractivity contribution in [2.75, 3.05) is 5.32 Å². The normalized spacial score (nSPS) is 22.6. The molecule has 6 heteroatoms. The van der Waals surface area contributed by atoms with Crippen molar-refractivity contribution in [3.8, 4) is 0 Å². The molecule has 1 aromatic carbocycles. The number of carbonyl (C=O) groups excluding carboxylic acids is 2. The summed E-state index contributed by atoms with van der Waals surface area (Å²) in [5.41, 5.74) is 0.0249. The summed E-state index contributed by atoms with van der Waals surface area (Å²) in [6, 6.07) is 5.97. The molecule has 1 saturated heterocycles. The molecule has 1 aliphatic heterocycles. The lowest BCUT2D eigenvalue weighted by Gasteiger charge is -2.36. The van der Waals surface area contributed by atoms with Crippen LogP contribution in [-0.2, 0) is 14.3 Å². The molecule has 1 spiro atoms. The van der Waals surface area contributed by atoms with Crippen molar-refractivity contribution in [3.05, 3.63) is 29.8 Å². The van der Waals surface area contributed by atoms with Crippen molar-refractivity contribution in [1.29, 1.82) is 0 Å². The summed E-state index contributed by atoms with van der Waals surface area (Å²) < 4.78 is 5.53. The molecule has 1 unspecified atom stereocenters. The summed E-state index contributed by atoms with van der Waals surface area (Å²) >= 11 is 0. The fourth-order valence-electron chi connectivity index (χ4n) is 3.55. The van der Waals surface area contributed by atoms with Gasteiger partial charge in [0.2, 0.25) is 5.91 Å². The quantitative estimate of drug-likeness (QED) is 0.836. The van der Waals surface area contributed by atoms with Crippen LogP contribution in [0.2, 0.25) is 0 Å². The molecule has 122 valence electrons. The van der Waals surface area contributed by atoms with Crippen LogP contribution in [0.5, 0.6) is 0 Å². The van der Waals surface area contributed by atoms with Crippen LogP contribution in [0, 0.1) is 5.92 Å². The number of ether oxygens (including phenoxy) is 1. The third kappa shape index (κ3) is 3.06. The molecule has 1 heterocycles. The van der Waals surface area contributed by atoms with Gasteiger partial charge in [-0.2, -0.15) is 0 Å². The number of aromatic carboxylic acids is 1. The van der Waals surface area contributed by atoms with Gasteiger partial charge in [-0.15, -0.1) is 0 Å². The van der Waals surface area contributed by atoms with E-state index < -0.39 is 17.5 Å². The molecule has 2 N–H and O–H groups in total. The lowest BCUT2D eigenvalue weighted by molar-refractivity contribution is -0.153. The number of carboxylic acids is 1. The Bertz CT molecular complexity index is 631. The van der Waals surface area contributed by atoms with Gasteiger partial charge in [0, 0.05) is 5.69 Å². The number of nitrogens with one attached hydrogen (secondary N) is 1. The molecule has 2 aliphatic rings. The number of esters is 1. The average molecular weight is 317 g/mol. The maximum Gasteiger partial charge on any atom is 0.335 e. The topological polar surface area (TPSA) is 92.7 Å². The lowest BCUT2D eigenvalue weighted by Crippen LogP contribution is -2.43. The van der Waals surface area contributed by atoms with Crippen molar-refractivity contribution in [3.63, 3.8) is 0 Å². The Morgan fingerprint density at radius 2 is 1.78 bits per heavy atom. The van der Waals surface area contributed by atoms with Crippen molar-refractivity contribution >= 4 is 23.5 Å². The molecule has 0 aromatic heterocycles. The second-order valence-corrected chi connectivity index (χ2v) is 6.23. The number of carbonyl (C=O) groups is 3. The average Bonchev–Trinajstić information content (AvgIpc) is 2.84. The highest BCUT2D eigenvalue weighted by Crippen LogP contribution is 2.44. The third-order valence-corrected chi connectivity index (χ3v) is 4.74. The van der Waals surface area contributed by atoms with Gasteiger partial charge >= 0.3 is 11.9 Å². The van der Waals surface area contributed by atoms with Crippen LogP contribution in [0.1, 0.15) is 48.9 Å². The molecule has 0 radical (unpaired) electrons. The molecular weight excluding hydrogens is 298 g/mol. The molecule has 3 rings (SSSR count). The van der Waals surface area contributed by atoms with E-state index in [1.165, 1.54) is 12.1 Å². The Balaban J connectivity index is 1.73. The predicted octanol–water partition coefficient (Wildman–Crippen LogP) is 2.59. The Labute approximate surface area is 133 Å². The van der Waals surface area contributed by atoms with Crippen molar-refractivity contribution < 1.29 is 24.2 Å². The van der Waals surface area contributed by atoms with Crippen molar-refractivity contribution in [2.45, 2.75) is 44.1 Å². The van der Waals surface area contributed by atoms with Crippen LogP contribution in [0.15, 0.2) is 24.3 Å². The molecule has 1 atom stereocenters. The summed E-state index contributed by atoms with van der Waals surface area (Å²) in [5, 5.41) is 11.7. The van der Waals surface area contributed by atoms with E-state index in [1.807, 2.05) is 0 Å². The molecule has 2 fully saturated rings. The number of benzene rings is 1. The first kappa shape index (κ1) is 15.5. The van der Waals surface area contributed by atoms with Gasteiger partial charge in [-0.1, -0.05) is 6.42 Å². The SMILES string of the molecule is O=C1CC(C(=O)Nc2ccc(C(=O)O)cc2)C2(CCCCC2)O1. The molecule has 1 aromatic rings. The van der Waals surface area contributed by atoms with E-state index in [1.54, 1.807) is 12.1 Å². The van der Waals surface area contributed by atoms with Gasteiger partial charge < -0.3 is 15.2 Å². The highest BCUT2D eigenvalue weighted by molar-refractivity contribution is 5.97. The van der Waals surface area contributed by atoms with Crippen molar-refractivity contribution in [2.24, 2.45) is 5.92 Å². The van der Waals surface area contributed by atoms with Gasteiger partial charge in [0.25, 0.3) is 0 Å². The van der Waals surface area contributed by atoms with Crippen molar-refractivity contribution in [1.82, 2.24) is 0 Å². The van der Waals surface area contributed by atoms with Crippen LogP contribution in [0.25, 0.3) is 0 Å². The minimum absolute atomic E-state index is 0.110. The zero-order chi connectivity index (χ0) is 16.4. The number of amides is 1. The first-order valence-corrected chi connectivity index (χ1v) is 7.86. The molecular formula is C17H19NO5. The first-order chi connectivity index (χ1) is 11.0. The second-order valence-electron chi connectivity index (χ2n) is 6.23. The van der Waals surface area contributed by atoms with Gasteiger partial charge in [-0.05, 0) is 49.9 Å². The van der Waals surface area contributed by atoms with Gasteiger partial charge in [-0.3, -0.25) is 9.59 Å². The molecule has 0 bridgehead atoms. The number of hydrogen-bond acceptors (Lipinski definition) is 4. The monoisotopic (exact) mass is 317 g/mol. The maximum absolute atomic E-state index is 12.6. The zero-order valence-electron chi connectivity index (χ0n) is 12.7. The van der Waals surface area contributed by atoms with E-state index in [9.17, 15) is 14.4 Å². The molecule has 6 nitrogen and oxygen atoms in total. The van der Waals surface area contributed by atoms with E-state index in [4.69, 9.17) is 9.84 Å². The Morgan fingerprint density at radius 1 is 1.13 bits per heavy atom. The maximum atomic E-state index is 12.6. The van der Waals surface area contributed by atoms with E-state index in [-0.39, 0.29) is 23.9 Å². The van der Waals surface area contributed by atoms with Crippen LogP contribution in [-0.4, -0.2) is 28.6 Å². The van der Waals surface area contributed by atoms with E-state index in [0.717, 1.165) is 32.1 Å². The number of anilines is 1. The van der Waals surface area contributed by atoms with Gasteiger partial charge in [-0.25, -0.2) is 4.79 Å². The first-order valence-electron chi connectivity index (χ1n) is 7.86. The minimum Gasteiger partial charge on any atom is -0.478 e. The van der Waals surface area contributed by atoms with Crippen LogP contribution in [0.3, 0.4) is 0 Å². The smallest absolute Gasteiger partial charge is 0.335 e. The summed E-state index contributed by atoms with van der Waals surface area (Å²) in [6.45, 7) is 0. The fraction of sp³-hybridized carbons (Fsp3) is 0.471. The molecule has 1 aliphatic carbocycles. The number of carboxylic acid groups (broad SMARTS) is 1. The Hall–Kier alpha value is -2.37. The summed E-state index contributed by atoms with van der Waals surface area (Å²) in [4.78, 5) is 35.2. The van der Waals surface area contributed by atoms with E-state index in [2.05, 4.69) is 5.32 Å².